The third kappa shape index (κ3) is 13.7. The molecule has 180 valence electrons. The molecule has 0 atom stereocenters. The van der Waals surface area contributed by atoms with Crippen molar-refractivity contribution in [1.29, 1.82) is 0 Å². The second-order valence-corrected chi connectivity index (χ2v) is 7.18. The number of rotatable bonds is 5. The molecular formula is C24H46N4O3. The first-order valence-corrected chi connectivity index (χ1v) is 11.2. The molecule has 0 unspecified atom stereocenters. The van der Waals surface area contributed by atoms with E-state index in [0.29, 0.717) is 18.7 Å². The molecule has 5 N–H and O–H groups in total. The molecule has 0 spiro atoms. The highest BCUT2D eigenvalue weighted by Crippen LogP contribution is 2.19. The first-order chi connectivity index (χ1) is 14.5. The van der Waals surface area contributed by atoms with Crippen LogP contribution in [0.1, 0.15) is 65.5 Å². The van der Waals surface area contributed by atoms with Crippen LogP contribution in [0.3, 0.4) is 0 Å². The zero-order valence-corrected chi connectivity index (χ0v) is 19.2. The number of phenols is 1. The predicted molar refractivity (Wildman–Crippen MR) is 130 cm³/mol. The Labute approximate surface area is 189 Å². The van der Waals surface area contributed by atoms with Gasteiger partial charge in [0.25, 0.3) is 0 Å². The van der Waals surface area contributed by atoms with Crippen LogP contribution in [0.4, 0.5) is 0 Å². The molecule has 3 rings (SSSR count). The molecule has 0 bridgehead atoms. The Bertz CT molecular complexity index is 588. The standard InChI is InChI=1S/C9H17N3O2.C9H11NO.C3H8.C2H6.CH4/c10-9(14)8-1-4-12(5-2-8)6-3-11-7-13;11-9-2-1-7-3-4-10-6-8(7)5-9;1-3-2;1-2;/h7-8H,1-6H2,(H2,10,14)(H,11,13);1-2,5,10-11H,3-4,6H2;3H2,1-2H3;1-2H3;1H4. The lowest BCUT2D eigenvalue weighted by Gasteiger charge is -2.30. The Morgan fingerprint density at radius 3 is 2.42 bits per heavy atom. The minimum atomic E-state index is -0.185. The number of nitrogens with one attached hydrogen (secondary N) is 2. The lowest BCUT2D eigenvalue weighted by atomic mass is 9.96. The molecule has 2 heterocycles. The van der Waals surface area contributed by atoms with E-state index in [4.69, 9.17) is 10.8 Å². The number of nitrogens with zero attached hydrogens (tertiary/aromatic N) is 1. The minimum Gasteiger partial charge on any atom is -0.508 e. The van der Waals surface area contributed by atoms with E-state index in [1.54, 1.807) is 6.07 Å². The number of carbonyl (C=O) groups excluding carboxylic acids is 2. The van der Waals surface area contributed by atoms with Crippen LogP contribution in [0.15, 0.2) is 18.2 Å². The number of hydrogen-bond donors (Lipinski definition) is 4. The number of piperidine rings is 1. The van der Waals surface area contributed by atoms with Crippen LogP contribution in [0.25, 0.3) is 0 Å². The number of nitrogens with two attached hydrogens (primary N) is 1. The van der Waals surface area contributed by atoms with E-state index in [9.17, 15) is 9.59 Å². The van der Waals surface area contributed by atoms with E-state index in [0.717, 1.165) is 52.0 Å². The minimum absolute atomic E-state index is 0. The highest BCUT2D eigenvalue weighted by molar-refractivity contribution is 5.76. The smallest absolute Gasteiger partial charge is 0.220 e. The second-order valence-electron chi connectivity index (χ2n) is 7.18. The molecule has 2 aliphatic heterocycles. The van der Waals surface area contributed by atoms with Gasteiger partial charge in [0.15, 0.2) is 0 Å². The fourth-order valence-electron chi connectivity index (χ4n) is 3.19. The van der Waals surface area contributed by atoms with Crippen molar-refractivity contribution in [1.82, 2.24) is 15.5 Å². The van der Waals surface area contributed by atoms with Crippen LogP contribution in [-0.2, 0) is 22.6 Å². The topological polar surface area (TPSA) is 108 Å². The van der Waals surface area contributed by atoms with Crippen LogP contribution in [0, 0.1) is 5.92 Å². The molecular weight excluding hydrogens is 392 g/mol. The van der Waals surface area contributed by atoms with Crippen LogP contribution < -0.4 is 16.4 Å². The van der Waals surface area contributed by atoms with E-state index in [1.165, 1.54) is 17.5 Å². The summed E-state index contributed by atoms with van der Waals surface area (Å²) in [4.78, 5) is 23.1. The molecule has 1 aromatic carbocycles. The molecule has 31 heavy (non-hydrogen) atoms. The zero-order chi connectivity index (χ0) is 22.8. The quantitative estimate of drug-likeness (QED) is 0.417. The lowest BCUT2D eigenvalue weighted by molar-refractivity contribution is -0.123. The van der Waals surface area contributed by atoms with Gasteiger partial charge >= 0.3 is 0 Å². The molecule has 0 radical (unpaired) electrons. The van der Waals surface area contributed by atoms with Gasteiger partial charge in [-0.3, -0.25) is 9.59 Å². The molecule has 0 saturated carbocycles. The maximum absolute atomic E-state index is 10.9. The van der Waals surface area contributed by atoms with Crippen LogP contribution >= 0.6 is 0 Å². The SMILES string of the molecule is C.CC.CCC.NC(=O)C1CCN(CCNC=O)CC1.Oc1ccc2c(c1)CNCC2. The monoisotopic (exact) mass is 438 g/mol. The summed E-state index contributed by atoms with van der Waals surface area (Å²) in [6, 6.07) is 5.59. The van der Waals surface area contributed by atoms with Gasteiger partial charge in [-0.2, -0.15) is 0 Å². The van der Waals surface area contributed by atoms with Gasteiger partial charge < -0.3 is 26.4 Å². The van der Waals surface area contributed by atoms with E-state index in [-0.39, 0.29) is 19.3 Å². The average Bonchev–Trinajstić information content (AvgIpc) is 2.77. The summed E-state index contributed by atoms with van der Waals surface area (Å²) in [5, 5.41) is 15.0. The van der Waals surface area contributed by atoms with Crippen molar-refractivity contribution in [2.45, 2.75) is 67.3 Å². The Morgan fingerprint density at radius 2 is 1.87 bits per heavy atom. The normalized spacial score (nSPS) is 15.1. The van der Waals surface area contributed by atoms with E-state index >= 15 is 0 Å². The van der Waals surface area contributed by atoms with E-state index in [2.05, 4.69) is 29.4 Å². The largest absolute Gasteiger partial charge is 0.508 e. The fraction of sp³-hybridized carbons (Fsp3) is 0.667. The Balaban J connectivity index is 0. The van der Waals surface area contributed by atoms with Crippen LogP contribution in [-0.4, -0.2) is 55.0 Å². The van der Waals surface area contributed by atoms with Gasteiger partial charge in [0.1, 0.15) is 5.75 Å². The van der Waals surface area contributed by atoms with Gasteiger partial charge in [-0.15, -0.1) is 0 Å². The number of phenolic OH excluding ortho intramolecular Hbond substituents is 1. The maximum Gasteiger partial charge on any atom is 0.220 e. The van der Waals surface area contributed by atoms with Crippen molar-refractivity contribution in [3.05, 3.63) is 29.3 Å². The summed E-state index contributed by atoms with van der Waals surface area (Å²) in [6.45, 7) is 13.5. The van der Waals surface area contributed by atoms with E-state index < -0.39 is 0 Å². The number of benzene rings is 1. The maximum atomic E-state index is 10.9. The van der Waals surface area contributed by atoms with Crippen molar-refractivity contribution >= 4 is 12.3 Å². The van der Waals surface area contributed by atoms with Crippen molar-refractivity contribution in [3.8, 4) is 5.75 Å². The summed E-state index contributed by atoms with van der Waals surface area (Å²) in [6.07, 6.45) is 4.72. The number of primary amides is 1. The van der Waals surface area contributed by atoms with Crippen molar-refractivity contribution in [3.63, 3.8) is 0 Å². The molecule has 1 aromatic rings. The lowest BCUT2D eigenvalue weighted by Crippen LogP contribution is -2.41. The Kier molecular flexibility index (Phi) is 19.9. The van der Waals surface area contributed by atoms with Gasteiger partial charge in [0.05, 0.1) is 0 Å². The molecule has 0 aliphatic carbocycles. The third-order valence-electron chi connectivity index (χ3n) is 4.72. The van der Waals surface area contributed by atoms with Gasteiger partial charge in [-0.1, -0.05) is 47.6 Å². The van der Waals surface area contributed by atoms with Gasteiger partial charge in [-0.25, -0.2) is 0 Å². The van der Waals surface area contributed by atoms with E-state index in [1.807, 2.05) is 26.0 Å². The number of amides is 2. The van der Waals surface area contributed by atoms with Gasteiger partial charge in [0, 0.05) is 25.6 Å². The highest BCUT2D eigenvalue weighted by atomic mass is 16.3. The summed E-state index contributed by atoms with van der Waals surface area (Å²) in [5.74, 6) is 0.230. The second kappa shape index (κ2) is 19.8. The molecule has 2 amide bonds. The number of likely N-dealkylation sites (tertiary alicyclic amines) is 1. The fourth-order valence-corrected chi connectivity index (χ4v) is 3.19. The summed E-state index contributed by atoms with van der Waals surface area (Å²) in [5.41, 5.74) is 7.81. The molecule has 2 aliphatic rings. The third-order valence-corrected chi connectivity index (χ3v) is 4.72. The molecule has 7 heteroatoms. The van der Waals surface area contributed by atoms with Crippen molar-refractivity contribution < 1.29 is 14.7 Å². The zero-order valence-electron chi connectivity index (χ0n) is 19.2. The van der Waals surface area contributed by atoms with Crippen molar-refractivity contribution in [2.75, 3.05) is 32.7 Å². The first-order valence-electron chi connectivity index (χ1n) is 11.2. The average molecular weight is 439 g/mol. The van der Waals surface area contributed by atoms with Crippen LogP contribution in [0.2, 0.25) is 0 Å². The highest BCUT2D eigenvalue weighted by Gasteiger charge is 2.22. The van der Waals surface area contributed by atoms with Crippen LogP contribution in [0.5, 0.6) is 5.75 Å². The predicted octanol–water partition coefficient (Wildman–Crippen LogP) is 3.05. The number of aromatic hydroxyl groups is 1. The number of fused-ring (bicyclic) bond motifs is 1. The summed E-state index contributed by atoms with van der Waals surface area (Å²) >= 11 is 0. The summed E-state index contributed by atoms with van der Waals surface area (Å²) < 4.78 is 0. The number of carbonyl (C=O) groups is 2. The molecule has 0 aromatic heterocycles. The first kappa shape index (κ1) is 31.1. The molecule has 1 saturated heterocycles. The Morgan fingerprint density at radius 1 is 1.26 bits per heavy atom. The van der Waals surface area contributed by atoms with Gasteiger partial charge in [0.2, 0.25) is 12.3 Å². The molecule has 1 fully saturated rings. The Hall–Kier alpha value is -2.12. The molecule has 7 nitrogen and oxygen atoms in total. The number of hydrogen-bond acceptors (Lipinski definition) is 5. The van der Waals surface area contributed by atoms with Crippen molar-refractivity contribution in [2.24, 2.45) is 11.7 Å². The van der Waals surface area contributed by atoms with Gasteiger partial charge in [-0.05, 0) is 62.2 Å². The summed E-state index contributed by atoms with van der Waals surface area (Å²) in [7, 11) is 0.